The highest BCUT2D eigenvalue weighted by Gasteiger charge is 2.39. The lowest BCUT2D eigenvalue weighted by atomic mass is 9.77. The van der Waals surface area contributed by atoms with E-state index in [9.17, 15) is 9.59 Å². The van der Waals surface area contributed by atoms with Gasteiger partial charge in [-0.15, -0.1) is 0 Å². The molecule has 1 aromatic rings. The highest BCUT2D eigenvalue weighted by molar-refractivity contribution is 5.91. The van der Waals surface area contributed by atoms with Crippen LogP contribution in [0, 0.1) is 0 Å². The number of amides is 1. The van der Waals surface area contributed by atoms with E-state index in [1.807, 2.05) is 0 Å². The predicted molar refractivity (Wildman–Crippen MR) is 76.0 cm³/mol. The Kier molecular flexibility index (Phi) is 4.04. The third-order valence-electron chi connectivity index (χ3n) is 4.14. The Morgan fingerprint density at radius 3 is 2.67 bits per heavy atom. The van der Waals surface area contributed by atoms with Gasteiger partial charge in [-0.3, -0.25) is 9.48 Å². The Bertz CT molecular complexity index is 541. The molecular formula is C14H21N3O4. The van der Waals surface area contributed by atoms with Crippen LogP contribution >= 0.6 is 0 Å². The van der Waals surface area contributed by atoms with Crippen LogP contribution in [0.25, 0.3) is 0 Å². The molecule has 2 N–H and O–H groups in total. The fourth-order valence-corrected chi connectivity index (χ4v) is 2.31. The molecule has 0 radical (unpaired) electrons. The van der Waals surface area contributed by atoms with Gasteiger partial charge < -0.3 is 15.2 Å². The van der Waals surface area contributed by atoms with Gasteiger partial charge in [0, 0.05) is 13.3 Å². The van der Waals surface area contributed by atoms with Crippen LogP contribution in [0.4, 0.5) is 5.69 Å². The summed E-state index contributed by atoms with van der Waals surface area (Å²) in [4.78, 5) is 23.2. The van der Waals surface area contributed by atoms with Gasteiger partial charge in [-0.1, -0.05) is 0 Å². The average molecular weight is 295 g/mol. The molecule has 0 aliphatic heterocycles. The third kappa shape index (κ3) is 3.07. The minimum atomic E-state index is -1.16. The number of carboxylic acids is 1. The van der Waals surface area contributed by atoms with E-state index in [2.05, 4.69) is 10.4 Å². The molecule has 0 atom stereocenters. The van der Waals surface area contributed by atoms with E-state index in [0.29, 0.717) is 12.1 Å². The van der Waals surface area contributed by atoms with E-state index >= 15 is 0 Å². The Hall–Kier alpha value is -1.89. The first-order valence-electron chi connectivity index (χ1n) is 6.93. The summed E-state index contributed by atoms with van der Waals surface area (Å²) in [7, 11) is 1.62. The molecule has 1 saturated carbocycles. The maximum Gasteiger partial charge on any atom is 0.331 e. The van der Waals surface area contributed by atoms with Crippen molar-refractivity contribution in [1.82, 2.24) is 9.78 Å². The number of hydrogen-bond donors (Lipinski definition) is 2. The molecule has 0 bridgehead atoms. The van der Waals surface area contributed by atoms with Gasteiger partial charge in [0.1, 0.15) is 0 Å². The van der Waals surface area contributed by atoms with Crippen LogP contribution in [0.5, 0.6) is 0 Å². The molecule has 1 aliphatic carbocycles. The predicted octanol–water partition coefficient (Wildman–Crippen LogP) is 1.60. The van der Waals surface area contributed by atoms with Crippen molar-refractivity contribution in [3.63, 3.8) is 0 Å². The Labute approximate surface area is 123 Å². The lowest BCUT2D eigenvalue weighted by molar-refractivity contribution is -0.146. The second kappa shape index (κ2) is 5.48. The number of aliphatic carboxylic acids is 1. The number of aromatic nitrogens is 2. The monoisotopic (exact) mass is 295 g/mol. The molecule has 1 heterocycles. The van der Waals surface area contributed by atoms with Crippen LogP contribution in [0.2, 0.25) is 0 Å². The quantitative estimate of drug-likeness (QED) is 0.831. The van der Waals surface area contributed by atoms with E-state index in [4.69, 9.17) is 9.84 Å². The Morgan fingerprint density at radius 1 is 1.52 bits per heavy atom. The molecule has 1 fully saturated rings. The lowest BCUT2D eigenvalue weighted by Gasteiger charge is -2.39. The van der Waals surface area contributed by atoms with E-state index < -0.39 is 11.5 Å². The fourth-order valence-electron chi connectivity index (χ4n) is 2.31. The number of carboxylic acid groups (broad SMARTS) is 1. The van der Waals surface area contributed by atoms with E-state index in [0.717, 1.165) is 19.3 Å². The van der Waals surface area contributed by atoms with Gasteiger partial charge in [0.15, 0.2) is 5.54 Å². The number of rotatable bonds is 6. The van der Waals surface area contributed by atoms with E-state index in [-0.39, 0.29) is 11.5 Å². The SMILES string of the molecule is COC1(CC(=O)Nc2cnn(C(C)(C)C(=O)O)c2)CCC1. The first kappa shape index (κ1) is 15.5. The summed E-state index contributed by atoms with van der Waals surface area (Å²) in [5.41, 5.74) is -1.01. The second-order valence-corrected chi connectivity index (χ2v) is 6.00. The minimum absolute atomic E-state index is 0.149. The number of hydrogen-bond acceptors (Lipinski definition) is 4. The first-order valence-corrected chi connectivity index (χ1v) is 6.93. The number of methoxy groups -OCH3 is 1. The normalized spacial score (nSPS) is 17.1. The zero-order chi connectivity index (χ0) is 15.7. The molecule has 7 nitrogen and oxygen atoms in total. The molecule has 2 rings (SSSR count). The fraction of sp³-hybridized carbons (Fsp3) is 0.643. The number of carbonyl (C=O) groups excluding carboxylic acids is 1. The van der Waals surface area contributed by atoms with Crippen molar-refractivity contribution in [2.24, 2.45) is 0 Å². The summed E-state index contributed by atoms with van der Waals surface area (Å²) < 4.78 is 6.73. The number of nitrogens with zero attached hydrogens (tertiary/aromatic N) is 2. The summed E-state index contributed by atoms with van der Waals surface area (Å²) in [6.45, 7) is 3.09. The summed E-state index contributed by atoms with van der Waals surface area (Å²) in [6, 6.07) is 0. The van der Waals surface area contributed by atoms with Gasteiger partial charge in [-0.05, 0) is 33.1 Å². The summed E-state index contributed by atoms with van der Waals surface area (Å²) in [5, 5.41) is 15.9. The van der Waals surface area contributed by atoms with Crippen molar-refractivity contribution in [3.05, 3.63) is 12.4 Å². The summed E-state index contributed by atoms with van der Waals surface area (Å²) in [5.74, 6) is -1.14. The van der Waals surface area contributed by atoms with E-state index in [1.54, 1.807) is 21.0 Å². The Morgan fingerprint density at radius 2 is 2.19 bits per heavy atom. The highest BCUT2D eigenvalue weighted by atomic mass is 16.5. The summed E-state index contributed by atoms with van der Waals surface area (Å²) >= 11 is 0. The van der Waals surface area contributed by atoms with Gasteiger partial charge in [0.2, 0.25) is 5.91 Å². The topological polar surface area (TPSA) is 93.5 Å². The van der Waals surface area contributed by atoms with Gasteiger partial charge in [-0.25, -0.2) is 4.79 Å². The van der Waals surface area contributed by atoms with Crippen molar-refractivity contribution in [2.75, 3.05) is 12.4 Å². The largest absolute Gasteiger partial charge is 0.479 e. The van der Waals surface area contributed by atoms with Gasteiger partial charge >= 0.3 is 5.97 Å². The van der Waals surface area contributed by atoms with Crippen molar-refractivity contribution < 1.29 is 19.4 Å². The lowest BCUT2D eigenvalue weighted by Crippen LogP contribution is -2.42. The van der Waals surface area contributed by atoms with Gasteiger partial charge in [0.05, 0.1) is 23.9 Å². The van der Waals surface area contributed by atoms with Crippen LogP contribution < -0.4 is 5.32 Å². The number of anilines is 1. The maximum atomic E-state index is 12.0. The zero-order valence-corrected chi connectivity index (χ0v) is 12.5. The van der Waals surface area contributed by atoms with Crippen LogP contribution in [-0.2, 0) is 19.9 Å². The number of nitrogens with one attached hydrogen (secondary N) is 1. The second-order valence-electron chi connectivity index (χ2n) is 6.00. The summed E-state index contributed by atoms with van der Waals surface area (Å²) in [6.07, 6.45) is 6.13. The smallest absolute Gasteiger partial charge is 0.331 e. The number of carbonyl (C=O) groups is 2. The Balaban J connectivity index is 1.99. The van der Waals surface area contributed by atoms with Crippen LogP contribution in [0.1, 0.15) is 39.5 Å². The standard InChI is InChI=1S/C14H21N3O4/c1-13(2,12(19)20)17-9-10(8-15-17)16-11(18)7-14(21-3)5-4-6-14/h8-9H,4-7H2,1-3H3,(H,16,18)(H,19,20). The van der Waals surface area contributed by atoms with E-state index in [1.165, 1.54) is 17.1 Å². The van der Waals surface area contributed by atoms with Crippen molar-refractivity contribution >= 4 is 17.6 Å². The molecule has 0 spiro atoms. The highest BCUT2D eigenvalue weighted by Crippen LogP contribution is 2.38. The molecule has 0 saturated heterocycles. The average Bonchev–Trinajstić information content (AvgIpc) is 2.82. The molecule has 0 unspecified atom stereocenters. The molecule has 0 aromatic carbocycles. The molecular weight excluding hydrogens is 274 g/mol. The van der Waals surface area contributed by atoms with Crippen molar-refractivity contribution in [2.45, 2.75) is 50.7 Å². The maximum absolute atomic E-state index is 12.0. The third-order valence-corrected chi connectivity index (χ3v) is 4.14. The van der Waals surface area contributed by atoms with Crippen LogP contribution in [0.15, 0.2) is 12.4 Å². The molecule has 1 aliphatic rings. The number of ether oxygens (including phenoxy) is 1. The molecule has 21 heavy (non-hydrogen) atoms. The van der Waals surface area contributed by atoms with Gasteiger partial charge in [-0.2, -0.15) is 5.10 Å². The molecule has 7 heteroatoms. The van der Waals surface area contributed by atoms with Crippen LogP contribution in [-0.4, -0.2) is 39.5 Å². The molecule has 116 valence electrons. The van der Waals surface area contributed by atoms with Crippen molar-refractivity contribution in [1.29, 1.82) is 0 Å². The van der Waals surface area contributed by atoms with Crippen molar-refractivity contribution in [3.8, 4) is 0 Å². The van der Waals surface area contributed by atoms with Gasteiger partial charge in [0.25, 0.3) is 0 Å². The first-order chi connectivity index (χ1) is 9.79. The minimum Gasteiger partial charge on any atom is -0.479 e. The molecule has 1 amide bonds. The van der Waals surface area contributed by atoms with Crippen LogP contribution in [0.3, 0.4) is 0 Å². The zero-order valence-electron chi connectivity index (χ0n) is 12.5. The molecule has 1 aromatic heterocycles.